The number of halogens is 1. The van der Waals surface area contributed by atoms with Gasteiger partial charge in [-0.3, -0.25) is 9.59 Å². The van der Waals surface area contributed by atoms with Crippen LogP contribution in [0, 0.1) is 5.92 Å². The topological polar surface area (TPSA) is 106 Å². The quantitative estimate of drug-likeness (QED) is 0.724. The summed E-state index contributed by atoms with van der Waals surface area (Å²) in [5, 5.41) is 2.98. The summed E-state index contributed by atoms with van der Waals surface area (Å²) in [5.41, 5.74) is 0. The Kier molecular flexibility index (Phi) is 6.96. The number of nitrogens with one attached hydrogen (secondary N) is 1. The molecule has 0 radical (unpaired) electrons. The van der Waals surface area contributed by atoms with Gasteiger partial charge in [0.15, 0.2) is 6.10 Å². The van der Waals surface area contributed by atoms with E-state index in [1.54, 1.807) is 19.1 Å². The van der Waals surface area contributed by atoms with Crippen LogP contribution in [0.5, 0.6) is 0 Å². The highest BCUT2D eigenvalue weighted by atomic mass is 35.5. The number of esters is 1. The number of anilines is 1. The van der Waals surface area contributed by atoms with Gasteiger partial charge in [0.2, 0.25) is 10.0 Å². The lowest BCUT2D eigenvalue weighted by Crippen LogP contribution is -2.42. The molecule has 1 aliphatic heterocycles. The van der Waals surface area contributed by atoms with Crippen molar-refractivity contribution in [3.05, 3.63) is 23.4 Å². The number of ether oxygens (including phenoxy) is 1. The molecule has 0 saturated carbocycles. The van der Waals surface area contributed by atoms with Crippen LogP contribution in [0.2, 0.25) is 5.02 Å². The van der Waals surface area contributed by atoms with E-state index in [4.69, 9.17) is 16.3 Å². The summed E-state index contributed by atoms with van der Waals surface area (Å²) in [6, 6.07) is 3.12. The Hall–Kier alpha value is -1.71. The summed E-state index contributed by atoms with van der Waals surface area (Å²) >= 11 is 5.73. The Balaban J connectivity index is 1.83. The van der Waals surface area contributed by atoms with Crippen molar-refractivity contribution in [1.82, 2.24) is 9.29 Å². The van der Waals surface area contributed by atoms with Crippen molar-refractivity contribution >= 4 is 39.3 Å². The molecule has 1 amide bonds. The summed E-state index contributed by atoms with van der Waals surface area (Å²) < 4.78 is 30.3. The minimum Gasteiger partial charge on any atom is -0.452 e. The number of nitrogens with zero attached hydrogens (tertiary/aromatic N) is 2. The molecule has 2 rings (SSSR count). The Morgan fingerprint density at radius 2 is 2.04 bits per heavy atom. The minimum absolute atomic E-state index is 0.0397. The highest BCUT2D eigenvalue weighted by Crippen LogP contribution is 2.21. The lowest BCUT2D eigenvalue weighted by atomic mass is 9.98. The molecule has 0 spiro atoms. The molecule has 1 aromatic heterocycles. The van der Waals surface area contributed by atoms with Gasteiger partial charge in [-0.2, -0.15) is 0 Å². The van der Waals surface area contributed by atoms with Crippen molar-refractivity contribution in [2.45, 2.75) is 32.8 Å². The molecule has 1 aromatic rings. The van der Waals surface area contributed by atoms with Crippen molar-refractivity contribution in [2.75, 3.05) is 24.2 Å². The summed E-state index contributed by atoms with van der Waals surface area (Å²) in [5.74, 6) is -1.06. The van der Waals surface area contributed by atoms with E-state index in [2.05, 4.69) is 10.3 Å². The average Bonchev–Trinajstić information content (AvgIpc) is 2.63. The van der Waals surface area contributed by atoms with Gasteiger partial charge in [-0.05, 0) is 38.8 Å². The third-order valence-corrected chi connectivity index (χ3v) is 6.29. The Morgan fingerprint density at radius 3 is 2.58 bits per heavy atom. The smallest absolute Gasteiger partial charge is 0.309 e. The first-order valence-corrected chi connectivity index (χ1v) is 10.3. The van der Waals surface area contributed by atoms with Crippen LogP contribution in [0.15, 0.2) is 18.3 Å². The van der Waals surface area contributed by atoms with Crippen LogP contribution >= 0.6 is 11.6 Å². The predicted molar refractivity (Wildman–Crippen MR) is 97.2 cm³/mol. The van der Waals surface area contributed by atoms with Gasteiger partial charge in [0, 0.05) is 19.3 Å². The Morgan fingerprint density at radius 1 is 1.38 bits per heavy atom. The highest BCUT2D eigenvalue weighted by Gasteiger charge is 2.32. The van der Waals surface area contributed by atoms with Crippen molar-refractivity contribution < 1.29 is 22.7 Å². The largest absolute Gasteiger partial charge is 0.452 e. The molecular weight excluding hydrogens is 382 g/mol. The fourth-order valence-corrected chi connectivity index (χ4v) is 3.80. The molecule has 0 aliphatic carbocycles. The standard InChI is InChI=1S/C16H22ClN3O5S/c1-3-26(23,24)20-8-6-12(7-9-20)16(22)25-11(2)15(21)19-14-5-4-13(17)10-18-14/h4-5,10-12H,3,6-9H2,1-2H3,(H,18,19,21)/t11-/m1/s1. The summed E-state index contributed by atoms with van der Waals surface area (Å²) in [4.78, 5) is 28.3. The normalized spacial score (nSPS) is 17.5. The van der Waals surface area contributed by atoms with Crippen molar-refractivity contribution in [1.29, 1.82) is 0 Å². The van der Waals surface area contributed by atoms with Gasteiger partial charge >= 0.3 is 5.97 Å². The van der Waals surface area contributed by atoms with Crippen LogP contribution in [-0.2, 0) is 24.3 Å². The molecule has 144 valence electrons. The van der Waals surface area contributed by atoms with Crippen LogP contribution in [-0.4, -0.2) is 54.5 Å². The number of piperidine rings is 1. The Labute approximate surface area is 157 Å². The molecule has 10 heteroatoms. The van der Waals surface area contributed by atoms with Crippen LogP contribution in [0.1, 0.15) is 26.7 Å². The lowest BCUT2D eigenvalue weighted by molar-refractivity contribution is -0.158. The van der Waals surface area contributed by atoms with E-state index in [0.29, 0.717) is 23.7 Å². The maximum absolute atomic E-state index is 12.2. The zero-order chi connectivity index (χ0) is 19.3. The zero-order valence-corrected chi connectivity index (χ0v) is 16.2. The molecule has 2 heterocycles. The minimum atomic E-state index is -3.24. The van der Waals surface area contributed by atoms with Gasteiger partial charge in [-0.15, -0.1) is 0 Å². The van der Waals surface area contributed by atoms with Gasteiger partial charge in [-0.1, -0.05) is 11.6 Å². The second kappa shape index (κ2) is 8.79. The van der Waals surface area contributed by atoms with Gasteiger partial charge in [0.05, 0.1) is 16.7 Å². The third kappa shape index (κ3) is 5.39. The van der Waals surface area contributed by atoms with Crippen molar-refractivity contribution in [3.63, 3.8) is 0 Å². The van der Waals surface area contributed by atoms with Crippen LogP contribution in [0.3, 0.4) is 0 Å². The molecule has 1 fully saturated rings. The van der Waals surface area contributed by atoms with Gasteiger partial charge in [0.25, 0.3) is 5.91 Å². The first kappa shape index (κ1) is 20.6. The number of carbonyl (C=O) groups excluding carboxylic acids is 2. The lowest BCUT2D eigenvalue weighted by Gasteiger charge is -2.30. The van der Waals surface area contributed by atoms with Crippen LogP contribution in [0.4, 0.5) is 5.82 Å². The molecule has 0 bridgehead atoms. The molecule has 8 nitrogen and oxygen atoms in total. The van der Waals surface area contributed by atoms with Crippen molar-refractivity contribution in [3.8, 4) is 0 Å². The van der Waals surface area contributed by atoms with E-state index in [9.17, 15) is 18.0 Å². The third-order valence-electron chi connectivity index (χ3n) is 4.19. The molecule has 1 atom stereocenters. The first-order chi connectivity index (χ1) is 12.2. The number of rotatable bonds is 6. The first-order valence-electron chi connectivity index (χ1n) is 8.33. The predicted octanol–water partition coefficient (Wildman–Crippen LogP) is 1.67. The van der Waals surface area contributed by atoms with E-state index < -0.39 is 33.9 Å². The van der Waals surface area contributed by atoms with Gasteiger partial charge < -0.3 is 10.1 Å². The number of aromatic nitrogens is 1. The SMILES string of the molecule is CCS(=O)(=O)N1CCC(C(=O)O[C@H](C)C(=O)Nc2ccc(Cl)cn2)CC1. The molecule has 0 aromatic carbocycles. The fraction of sp³-hybridized carbons (Fsp3) is 0.562. The number of pyridine rings is 1. The van der Waals surface area contributed by atoms with E-state index in [0.717, 1.165) is 0 Å². The molecule has 1 N–H and O–H groups in total. The average molecular weight is 404 g/mol. The number of sulfonamides is 1. The number of hydrogen-bond donors (Lipinski definition) is 1. The van der Waals surface area contributed by atoms with Crippen LogP contribution in [0.25, 0.3) is 0 Å². The second-order valence-electron chi connectivity index (χ2n) is 6.00. The van der Waals surface area contributed by atoms with Gasteiger partial charge in [-0.25, -0.2) is 17.7 Å². The molecule has 0 unspecified atom stereocenters. The second-order valence-corrected chi connectivity index (χ2v) is 8.70. The maximum Gasteiger partial charge on any atom is 0.309 e. The number of amides is 1. The summed E-state index contributed by atoms with van der Waals surface area (Å²) in [6.07, 6.45) is 1.17. The molecule has 1 aliphatic rings. The molecule has 1 saturated heterocycles. The monoisotopic (exact) mass is 403 g/mol. The van der Waals surface area contributed by atoms with E-state index >= 15 is 0 Å². The number of carbonyl (C=O) groups is 2. The summed E-state index contributed by atoms with van der Waals surface area (Å²) in [6.45, 7) is 3.63. The molecule has 26 heavy (non-hydrogen) atoms. The summed E-state index contributed by atoms with van der Waals surface area (Å²) in [7, 11) is -3.24. The van der Waals surface area contributed by atoms with E-state index in [-0.39, 0.29) is 18.8 Å². The van der Waals surface area contributed by atoms with E-state index in [1.807, 2.05) is 0 Å². The van der Waals surface area contributed by atoms with Crippen molar-refractivity contribution in [2.24, 2.45) is 5.92 Å². The number of hydrogen-bond acceptors (Lipinski definition) is 6. The zero-order valence-electron chi connectivity index (χ0n) is 14.6. The maximum atomic E-state index is 12.2. The Bertz CT molecular complexity index is 746. The highest BCUT2D eigenvalue weighted by molar-refractivity contribution is 7.89. The van der Waals surface area contributed by atoms with Crippen LogP contribution < -0.4 is 5.32 Å². The fourth-order valence-electron chi connectivity index (χ4n) is 2.55. The molecular formula is C16H22ClN3O5S. The van der Waals surface area contributed by atoms with E-state index in [1.165, 1.54) is 17.4 Å². The van der Waals surface area contributed by atoms with Gasteiger partial charge in [0.1, 0.15) is 5.82 Å².